The summed E-state index contributed by atoms with van der Waals surface area (Å²) >= 11 is 5.88. The lowest BCUT2D eigenvalue weighted by Gasteiger charge is -2.20. The first-order valence-electron chi connectivity index (χ1n) is 9.86. The summed E-state index contributed by atoms with van der Waals surface area (Å²) in [5, 5.41) is 12.6. The van der Waals surface area contributed by atoms with Gasteiger partial charge in [-0.25, -0.2) is 0 Å². The molecule has 4 aromatic rings. The minimum absolute atomic E-state index is 0.203. The smallest absolute Gasteiger partial charge is 0.255 e. The van der Waals surface area contributed by atoms with Crippen LogP contribution in [0.4, 0.5) is 11.4 Å². The second-order valence-corrected chi connectivity index (χ2v) is 7.28. The largest absolute Gasteiger partial charge is 0.372 e. The van der Waals surface area contributed by atoms with Gasteiger partial charge in [0.05, 0.1) is 5.69 Å². The van der Waals surface area contributed by atoms with E-state index in [4.69, 9.17) is 11.6 Å². The van der Waals surface area contributed by atoms with Crippen molar-refractivity contribution in [2.75, 3.05) is 23.3 Å². The number of nitrogens with one attached hydrogen (secondary N) is 1. The normalized spacial score (nSPS) is 10.9. The molecular formula is C23H22ClN5O. The lowest BCUT2D eigenvalue weighted by molar-refractivity contribution is 0.102. The number of amides is 1. The van der Waals surface area contributed by atoms with E-state index >= 15 is 0 Å². The molecule has 0 aliphatic rings. The first-order valence-corrected chi connectivity index (χ1v) is 10.2. The molecule has 1 amide bonds. The van der Waals surface area contributed by atoms with Crippen molar-refractivity contribution in [1.29, 1.82) is 0 Å². The molecule has 1 aromatic heterocycles. The molecule has 3 aromatic carbocycles. The van der Waals surface area contributed by atoms with Gasteiger partial charge in [0.1, 0.15) is 11.0 Å². The number of rotatable bonds is 6. The number of halogens is 1. The van der Waals surface area contributed by atoms with Gasteiger partial charge in [-0.3, -0.25) is 4.79 Å². The van der Waals surface area contributed by atoms with Crippen LogP contribution in [0.1, 0.15) is 24.2 Å². The van der Waals surface area contributed by atoms with Crippen LogP contribution in [-0.2, 0) is 0 Å². The number of anilines is 2. The minimum Gasteiger partial charge on any atom is -0.372 e. The maximum absolute atomic E-state index is 12.4. The first-order chi connectivity index (χ1) is 14.6. The summed E-state index contributed by atoms with van der Waals surface area (Å²) in [5.41, 5.74) is 4.72. The summed E-state index contributed by atoms with van der Waals surface area (Å²) in [5.74, 6) is -0.203. The van der Waals surface area contributed by atoms with Crippen molar-refractivity contribution in [1.82, 2.24) is 15.0 Å². The second-order valence-electron chi connectivity index (χ2n) is 6.84. The van der Waals surface area contributed by atoms with E-state index in [1.165, 1.54) is 5.69 Å². The monoisotopic (exact) mass is 419 g/mol. The minimum atomic E-state index is -0.203. The Morgan fingerprint density at radius 1 is 0.933 bits per heavy atom. The molecule has 1 N–H and O–H groups in total. The fourth-order valence-corrected chi connectivity index (χ4v) is 3.42. The van der Waals surface area contributed by atoms with Crippen molar-refractivity contribution in [3.05, 3.63) is 77.3 Å². The lowest BCUT2D eigenvalue weighted by atomic mass is 10.2. The molecule has 1 heterocycles. The highest BCUT2D eigenvalue weighted by molar-refractivity contribution is 6.30. The summed E-state index contributed by atoms with van der Waals surface area (Å²) in [7, 11) is 0. The van der Waals surface area contributed by atoms with Crippen molar-refractivity contribution < 1.29 is 4.79 Å². The molecule has 0 saturated carbocycles. The Morgan fingerprint density at radius 3 is 2.27 bits per heavy atom. The molecule has 6 nitrogen and oxygen atoms in total. The number of carbonyl (C=O) groups excluding carboxylic acids is 1. The SMILES string of the molecule is CCN(CC)c1ccc(-n2nc3ccc(NC(=O)c4ccc(Cl)cc4)cc3n2)cc1. The highest BCUT2D eigenvalue weighted by atomic mass is 35.5. The van der Waals surface area contributed by atoms with Crippen molar-refractivity contribution in [3.63, 3.8) is 0 Å². The van der Waals surface area contributed by atoms with Gasteiger partial charge in [0.2, 0.25) is 0 Å². The van der Waals surface area contributed by atoms with E-state index in [9.17, 15) is 4.79 Å². The van der Waals surface area contributed by atoms with Crippen LogP contribution in [0.5, 0.6) is 0 Å². The summed E-state index contributed by atoms with van der Waals surface area (Å²) in [6.07, 6.45) is 0. The molecule has 0 aliphatic carbocycles. The van der Waals surface area contributed by atoms with E-state index in [1.54, 1.807) is 29.1 Å². The van der Waals surface area contributed by atoms with Crippen LogP contribution in [0.2, 0.25) is 5.02 Å². The Balaban J connectivity index is 1.55. The average Bonchev–Trinajstić information content (AvgIpc) is 3.19. The first kappa shape index (κ1) is 19.9. The standard InChI is InChI=1S/C23H22ClN5O/c1-3-28(4-2)19-10-12-20(13-11-19)29-26-21-14-9-18(15-22(21)27-29)25-23(30)16-5-7-17(24)8-6-16/h5-15H,3-4H2,1-2H3,(H,25,30). The van der Waals surface area contributed by atoms with Crippen LogP contribution in [0, 0.1) is 0 Å². The molecule has 30 heavy (non-hydrogen) atoms. The van der Waals surface area contributed by atoms with Gasteiger partial charge in [0.25, 0.3) is 5.91 Å². The van der Waals surface area contributed by atoms with Crippen molar-refractivity contribution in [3.8, 4) is 5.69 Å². The third-order valence-corrected chi connectivity index (χ3v) is 5.21. The average molecular weight is 420 g/mol. The van der Waals surface area contributed by atoms with Gasteiger partial charge in [-0.15, -0.1) is 10.2 Å². The van der Waals surface area contributed by atoms with Crippen molar-refractivity contribution in [2.45, 2.75) is 13.8 Å². The van der Waals surface area contributed by atoms with Crippen molar-refractivity contribution in [2.24, 2.45) is 0 Å². The van der Waals surface area contributed by atoms with Crippen LogP contribution < -0.4 is 10.2 Å². The van der Waals surface area contributed by atoms with Gasteiger partial charge in [0, 0.05) is 35.1 Å². The maximum Gasteiger partial charge on any atom is 0.255 e. The third kappa shape index (κ3) is 4.14. The lowest BCUT2D eigenvalue weighted by Crippen LogP contribution is -2.21. The number of nitrogens with zero attached hydrogens (tertiary/aromatic N) is 4. The molecule has 0 fully saturated rings. The molecule has 0 aliphatic heterocycles. The van der Waals surface area contributed by atoms with Gasteiger partial charge in [-0.2, -0.15) is 4.80 Å². The molecule has 0 saturated heterocycles. The molecule has 0 unspecified atom stereocenters. The molecule has 7 heteroatoms. The maximum atomic E-state index is 12.4. The molecular weight excluding hydrogens is 398 g/mol. The highest BCUT2D eigenvalue weighted by Gasteiger charge is 2.10. The summed E-state index contributed by atoms with van der Waals surface area (Å²) in [4.78, 5) is 16.3. The van der Waals surface area contributed by atoms with E-state index in [-0.39, 0.29) is 5.91 Å². The summed E-state index contributed by atoms with van der Waals surface area (Å²) < 4.78 is 0. The van der Waals surface area contributed by atoms with E-state index in [1.807, 2.05) is 30.3 Å². The molecule has 0 bridgehead atoms. The molecule has 0 radical (unpaired) electrons. The number of hydrogen-bond acceptors (Lipinski definition) is 4. The third-order valence-electron chi connectivity index (χ3n) is 4.95. The van der Waals surface area contributed by atoms with Gasteiger partial charge in [-0.05, 0) is 80.6 Å². The van der Waals surface area contributed by atoms with Crippen LogP contribution in [0.3, 0.4) is 0 Å². The Labute approximate surface area is 180 Å². The molecule has 152 valence electrons. The predicted octanol–water partition coefficient (Wildman–Crippen LogP) is 5.17. The number of hydrogen-bond donors (Lipinski definition) is 1. The molecule has 0 spiro atoms. The summed E-state index contributed by atoms with van der Waals surface area (Å²) in [6.45, 7) is 6.21. The number of fused-ring (bicyclic) bond motifs is 1. The van der Waals surface area contributed by atoms with Gasteiger partial charge >= 0.3 is 0 Å². The number of carbonyl (C=O) groups is 1. The van der Waals surface area contributed by atoms with Gasteiger partial charge in [-0.1, -0.05) is 11.6 Å². The zero-order valence-electron chi connectivity index (χ0n) is 16.8. The van der Waals surface area contributed by atoms with Crippen LogP contribution >= 0.6 is 11.6 Å². The Morgan fingerprint density at radius 2 is 1.60 bits per heavy atom. The predicted molar refractivity (Wildman–Crippen MR) is 122 cm³/mol. The van der Waals surface area contributed by atoms with Crippen LogP contribution in [0.25, 0.3) is 16.7 Å². The van der Waals surface area contributed by atoms with Gasteiger partial charge < -0.3 is 10.2 Å². The second kappa shape index (κ2) is 8.55. The van der Waals surface area contributed by atoms with Crippen LogP contribution in [0.15, 0.2) is 66.7 Å². The van der Waals surface area contributed by atoms with E-state index in [0.717, 1.165) is 24.3 Å². The van der Waals surface area contributed by atoms with E-state index in [2.05, 4.69) is 46.4 Å². The highest BCUT2D eigenvalue weighted by Crippen LogP contribution is 2.20. The quantitative estimate of drug-likeness (QED) is 0.468. The Kier molecular flexibility index (Phi) is 5.68. The summed E-state index contributed by atoms with van der Waals surface area (Å²) in [6, 6.07) is 20.4. The Bertz CT molecular complexity index is 1160. The fourth-order valence-electron chi connectivity index (χ4n) is 3.30. The van der Waals surface area contributed by atoms with Crippen LogP contribution in [-0.4, -0.2) is 34.0 Å². The number of aromatic nitrogens is 3. The topological polar surface area (TPSA) is 63.1 Å². The van der Waals surface area contributed by atoms with Gasteiger partial charge in [0.15, 0.2) is 0 Å². The zero-order chi connectivity index (χ0) is 21.1. The number of benzene rings is 3. The molecule has 4 rings (SSSR count). The zero-order valence-corrected chi connectivity index (χ0v) is 17.6. The van der Waals surface area contributed by atoms with E-state index in [0.29, 0.717) is 21.8 Å². The van der Waals surface area contributed by atoms with Crippen molar-refractivity contribution >= 4 is 39.9 Å². The van der Waals surface area contributed by atoms with E-state index < -0.39 is 0 Å². The fraction of sp³-hybridized carbons (Fsp3) is 0.174. The Hall–Kier alpha value is -3.38. The molecule has 0 atom stereocenters.